The molecule has 1 saturated heterocycles. The van der Waals surface area contributed by atoms with E-state index < -0.39 is 12.7 Å². The van der Waals surface area contributed by atoms with Crippen LogP contribution < -0.4 is 16.2 Å². The largest absolute Gasteiger partial charge is 0.401 e. The van der Waals surface area contributed by atoms with Gasteiger partial charge in [-0.3, -0.25) is 10.3 Å². The number of hydrazine groups is 1. The van der Waals surface area contributed by atoms with Crippen molar-refractivity contribution in [2.75, 3.05) is 43.0 Å². The fraction of sp³-hybridized carbons (Fsp3) is 0.600. The monoisotopic (exact) mass is 276 g/mol. The standard InChI is InChI=1S/C10H15F3N6/c11-10(12,13)7-18-3-5-19(6-4-18)8-1-2-15-9(16-8)17-14/h1-2H,3-7,14H2,(H,15,16,17). The van der Waals surface area contributed by atoms with Crippen LogP contribution >= 0.6 is 0 Å². The van der Waals surface area contributed by atoms with Crippen molar-refractivity contribution in [3.05, 3.63) is 12.3 Å². The van der Waals surface area contributed by atoms with Crippen molar-refractivity contribution in [3.8, 4) is 0 Å². The number of alkyl halides is 3. The zero-order chi connectivity index (χ0) is 13.9. The number of halogens is 3. The van der Waals surface area contributed by atoms with Crippen LogP contribution in [0.15, 0.2) is 12.3 Å². The molecule has 1 aromatic heterocycles. The lowest BCUT2D eigenvalue weighted by atomic mass is 10.3. The van der Waals surface area contributed by atoms with Gasteiger partial charge in [-0.05, 0) is 6.07 Å². The first-order valence-electron chi connectivity index (χ1n) is 5.81. The van der Waals surface area contributed by atoms with Gasteiger partial charge in [-0.1, -0.05) is 0 Å². The van der Waals surface area contributed by atoms with E-state index in [-0.39, 0.29) is 5.95 Å². The van der Waals surface area contributed by atoms with Gasteiger partial charge in [-0.25, -0.2) is 10.8 Å². The van der Waals surface area contributed by atoms with Crippen LogP contribution in [0, 0.1) is 0 Å². The summed E-state index contributed by atoms with van der Waals surface area (Å²) in [6.07, 6.45) is -2.59. The van der Waals surface area contributed by atoms with Crippen molar-refractivity contribution in [1.29, 1.82) is 0 Å². The Morgan fingerprint density at radius 1 is 1.26 bits per heavy atom. The maximum atomic E-state index is 12.3. The van der Waals surface area contributed by atoms with Gasteiger partial charge in [0.05, 0.1) is 6.54 Å². The molecule has 3 N–H and O–H groups in total. The van der Waals surface area contributed by atoms with E-state index in [9.17, 15) is 13.2 Å². The van der Waals surface area contributed by atoms with Crippen molar-refractivity contribution >= 4 is 11.8 Å². The molecule has 9 heteroatoms. The average molecular weight is 276 g/mol. The molecule has 106 valence electrons. The molecule has 1 aromatic rings. The van der Waals surface area contributed by atoms with Gasteiger partial charge in [-0.15, -0.1) is 0 Å². The number of hydrogen-bond donors (Lipinski definition) is 2. The van der Waals surface area contributed by atoms with Crippen molar-refractivity contribution < 1.29 is 13.2 Å². The fourth-order valence-corrected chi connectivity index (χ4v) is 1.98. The molecule has 1 aliphatic rings. The van der Waals surface area contributed by atoms with Crippen LogP contribution in [0.5, 0.6) is 0 Å². The maximum Gasteiger partial charge on any atom is 0.401 e. The van der Waals surface area contributed by atoms with Crippen LogP contribution in [0.4, 0.5) is 24.9 Å². The van der Waals surface area contributed by atoms with E-state index in [1.807, 2.05) is 4.90 Å². The summed E-state index contributed by atoms with van der Waals surface area (Å²) >= 11 is 0. The van der Waals surface area contributed by atoms with E-state index in [4.69, 9.17) is 5.84 Å². The number of piperazine rings is 1. The van der Waals surface area contributed by atoms with Crippen molar-refractivity contribution in [3.63, 3.8) is 0 Å². The summed E-state index contributed by atoms with van der Waals surface area (Å²) < 4.78 is 36.8. The minimum absolute atomic E-state index is 0.287. The van der Waals surface area contributed by atoms with Gasteiger partial charge in [0.2, 0.25) is 5.95 Å². The molecule has 2 heterocycles. The minimum Gasteiger partial charge on any atom is -0.354 e. The lowest BCUT2D eigenvalue weighted by molar-refractivity contribution is -0.146. The van der Waals surface area contributed by atoms with E-state index >= 15 is 0 Å². The molecule has 0 amide bonds. The second-order valence-electron chi connectivity index (χ2n) is 4.26. The van der Waals surface area contributed by atoms with Crippen LogP contribution in [0.1, 0.15) is 0 Å². The minimum atomic E-state index is -4.15. The molecule has 0 aromatic carbocycles. The molecule has 0 radical (unpaired) electrons. The molecule has 0 bridgehead atoms. The first-order chi connectivity index (χ1) is 8.98. The first-order valence-corrected chi connectivity index (χ1v) is 5.81. The summed E-state index contributed by atoms with van der Waals surface area (Å²) in [5, 5.41) is 0. The quantitative estimate of drug-likeness (QED) is 0.617. The summed E-state index contributed by atoms with van der Waals surface area (Å²) in [6.45, 7) is 0.845. The van der Waals surface area contributed by atoms with Crippen LogP contribution in [-0.4, -0.2) is 53.8 Å². The van der Waals surface area contributed by atoms with Crippen molar-refractivity contribution in [2.45, 2.75) is 6.18 Å². The SMILES string of the molecule is NNc1nccc(N2CCN(CC(F)(F)F)CC2)n1. The molecule has 0 saturated carbocycles. The molecule has 1 fully saturated rings. The fourth-order valence-electron chi connectivity index (χ4n) is 1.98. The van der Waals surface area contributed by atoms with E-state index in [0.717, 1.165) is 0 Å². The predicted molar refractivity (Wildman–Crippen MR) is 64.6 cm³/mol. The Bertz CT molecular complexity index is 416. The van der Waals surface area contributed by atoms with E-state index in [1.165, 1.54) is 4.90 Å². The van der Waals surface area contributed by atoms with E-state index in [1.54, 1.807) is 12.3 Å². The molecule has 19 heavy (non-hydrogen) atoms. The molecule has 0 atom stereocenters. The third-order valence-corrected chi connectivity index (χ3v) is 2.87. The second-order valence-corrected chi connectivity index (χ2v) is 4.26. The summed E-state index contributed by atoms with van der Waals surface area (Å²) in [5.74, 6) is 6.16. The van der Waals surface area contributed by atoms with Crippen LogP contribution in [0.2, 0.25) is 0 Å². The third kappa shape index (κ3) is 3.93. The average Bonchev–Trinajstić information content (AvgIpc) is 2.38. The van der Waals surface area contributed by atoms with Gasteiger partial charge in [0, 0.05) is 32.4 Å². The van der Waals surface area contributed by atoms with Gasteiger partial charge in [0.1, 0.15) is 5.82 Å². The number of nitrogens with two attached hydrogens (primary N) is 1. The Hall–Kier alpha value is -1.61. The molecule has 1 aliphatic heterocycles. The van der Waals surface area contributed by atoms with E-state index in [2.05, 4.69) is 15.4 Å². The summed E-state index contributed by atoms with van der Waals surface area (Å²) in [6, 6.07) is 1.71. The topological polar surface area (TPSA) is 70.3 Å². The summed E-state index contributed by atoms with van der Waals surface area (Å²) in [7, 11) is 0. The molecule has 0 unspecified atom stereocenters. The molecule has 0 spiro atoms. The lowest BCUT2D eigenvalue weighted by Crippen LogP contribution is -2.49. The van der Waals surface area contributed by atoms with Gasteiger partial charge in [0.25, 0.3) is 0 Å². The number of nitrogens with one attached hydrogen (secondary N) is 1. The number of nitrogens with zero attached hydrogens (tertiary/aromatic N) is 4. The van der Waals surface area contributed by atoms with Gasteiger partial charge in [-0.2, -0.15) is 18.2 Å². The van der Waals surface area contributed by atoms with E-state index in [0.29, 0.717) is 32.0 Å². The first kappa shape index (κ1) is 13.8. The van der Waals surface area contributed by atoms with Crippen molar-refractivity contribution in [2.24, 2.45) is 5.84 Å². The highest BCUT2D eigenvalue weighted by atomic mass is 19.4. The third-order valence-electron chi connectivity index (χ3n) is 2.87. The Morgan fingerprint density at radius 2 is 1.95 bits per heavy atom. The molecular formula is C10H15F3N6. The van der Waals surface area contributed by atoms with Crippen LogP contribution in [0.25, 0.3) is 0 Å². The normalized spacial score (nSPS) is 17.6. The summed E-state index contributed by atoms with van der Waals surface area (Å²) in [4.78, 5) is 11.3. The Morgan fingerprint density at radius 3 is 2.53 bits per heavy atom. The molecule has 0 aliphatic carbocycles. The number of hydrogen-bond acceptors (Lipinski definition) is 6. The highest BCUT2D eigenvalue weighted by Gasteiger charge is 2.32. The van der Waals surface area contributed by atoms with Gasteiger partial charge in [0.15, 0.2) is 0 Å². The van der Waals surface area contributed by atoms with Crippen molar-refractivity contribution in [1.82, 2.24) is 14.9 Å². The number of aromatic nitrogens is 2. The zero-order valence-electron chi connectivity index (χ0n) is 10.2. The highest BCUT2D eigenvalue weighted by Crippen LogP contribution is 2.19. The number of rotatable bonds is 3. The highest BCUT2D eigenvalue weighted by molar-refractivity contribution is 5.42. The molecular weight excluding hydrogens is 261 g/mol. The number of anilines is 2. The second kappa shape index (κ2) is 5.57. The Balaban J connectivity index is 1.92. The lowest BCUT2D eigenvalue weighted by Gasteiger charge is -2.35. The maximum absolute atomic E-state index is 12.3. The molecule has 2 rings (SSSR count). The Labute approximate surface area is 108 Å². The zero-order valence-corrected chi connectivity index (χ0v) is 10.2. The summed E-state index contributed by atoms with van der Waals surface area (Å²) in [5.41, 5.74) is 2.34. The van der Waals surface area contributed by atoms with Crippen LogP contribution in [0.3, 0.4) is 0 Å². The smallest absolute Gasteiger partial charge is 0.354 e. The predicted octanol–water partition coefficient (Wildman–Crippen LogP) is 0.446. The Kier molecular flexibility index (Phi) is 4.05. The van der Waals surface area contributed by atoms with Crippen LogP contribution in [-0.2, 0) is 0 Å². The van der Waals surface area contributed by atoms with Gasteiger partial charge >= 0.3 is 6.18 Å². The van der Waals surface area contributed by atoms with Gasteiger partial charge < -0.3 is 4.90 Å². The molecule has 6 nitrogen and oxygen atoms in total. The number of nitrogen functional groups attached to an aromatic ring is 1.